The fourth-order valence-corrected chi connectivity index (χ4v) is 2.81. The minimum atomic E-state index is -0.570. The van der Waals surface area contributed by atoms with Crippen molar-refractivity contribution in [3.05, 3.63) is 63.8 Å². The Hall–Kier alpha value is -3.11. The van der Waals surface area contributed by atoms with Gasteiger partial charge in [0.05, 0.1) is 10.5 Å². The number of carbonyl (C=O) groups excluding carboxylic acids is 1. The van der Waals surface area contributed by atoms with Crippen molar-refractivity contribution in [3.63, 3.8) is 0 Å². The summed E-state index contributed by atoms with van der Waals surface area (Å²) in [6.45, 7) is 0. The van der Waals surface area contributed by atoms with Gasteiger partial charge in [-0.2, -0.15) is 0 Å². The second kappa shape index (κ2) is 7.20. The molecule has 0 saturated heterocycles. The third-order valence-electron chi connectivity index (χ3n) is 3.08. The van der Waals surface area contributed by atoms with Gasteiger partial charge in [0.15, 0.2) is 16.0 Å². The van der Waals surface area contributed by atoms with Gasteiger partial charge in [-0.15, -0.1) is 11.3 Å². The standard InChI is InChI=1S/C15H10N4O4S2/c20-13(17-14(24)18-15-16-7-8-25-15)12-6-5-11(23-12)9-3-1-2-4-10(9)19(21)22/h1-8H,(H2,16,17,18,20,24). The van der Waals surface area contributed by atoms with Gasteiger partial charge in [0.1, 0.15) is 5.76 Å². The summed E-state index contributed by atoms with van der Waals surface area (Å²) in [7, 11) is 0. The molecule has 0 saturated carbocycles. The number of thiocarbonyl (C=S) groups is 1. The lowest BCUT2D eigenvalue weighted by molar-refractivity contribution is -0.384. The Kier molecular flexibility index (Phi) is 4.82. The van der Waals surface area contributed by atoms with Gasteiger partial charge in [-0.3, -0.25) is 20.2 Å². The number of hydrogen-bond acceptors (Lipinski definition) is 7. The van der Waals surface area contributed by atoms with Crippen LogP contribution in [0.5, 0.6) is 0 Å². The summed E-state index contributed by atoms with van der Waals surface area (Å²) in [6.07, 6.45) is 1.60. The molecule has 1 aromatic carbocycles. The number of aromatic nitrogens is 1. The number of nitrogens with zero attached hydrogens (tertiary/aromatic N) is 2. The van der Waals surface area contributed by atoms with Crippen molar-refractivity contribution in [2.75, 3.05) is 5.32 Å². The molecule has 0 fully saturated rings. The second-order valence-corrected chi connectivity index (χ2v) is 5.99. The number of amides is 1. The fourth-order valence-electron chi connectivity index (χ4n) is 2.02. The van der Waals surface area contributed by atoms with E-state index >= 15 is 0 Å². The van der Waals surface area contributed by atoms with Crippen molar-refractivity contribution in [2.45, 2.75) is 0 Å². The molecule has 0 spiro atoms. The molecule has 0 unspecified atom stereocenters. The van der Waals surface area contributed by atoms with E-state index in [1.54, 1.807) is 29.8 Å². The first-order valence-corrected chi connectivity index (χ1v) is 8.19. The number of carbonyl (C=O) groups is 1. The van der Waals surface area contributed by atoms with E-state index in [0.29, 0.717) is 5.13 Å². The summed E-state index contributed by atoms with van der Waals surface area (Å²) >= 11 is 6.36. The van der Waals surface area contributed by atoms with Crippen LogP contribution in [0, 0.1) is 10.1 Å². The Balaban J connectivity index is 1.74. The maximum atomic E-state index is 12.2. The van der Waals surface area contributed by atoms with E-state index in [1.165, 1.54) is 29.5 Å². The molecule has 2 heterocycles. The van der Waals surface area contributed by atoms with Crippen LogP contribution in [0.15, 0.2) is 52.4 Å². The highest BCUT2D eigenvalue weighted by Gasteiger charge is 2.19. The zero-order valence-corrected chi connectivity index (χ0v) is 14.1. The Morgan fingerprint density at radius 1 is 1.28 bits per heavy atom. The summed E-state index contributed by atoms with van der Waals surface area (Å²) in [5.41, 5.74) is 0.180. The van der Waals surface area contributed by atoms with Crippen molar-refractivity contribution in [2.24, 2.45) is 0 Å². The number of hydrogen-bond donors (Lipinski definition) is 2. The van der Waals surface area contributed by atoms with E-state index in [-0.39, 0.29) is 27.9 Å². The number of thiazole rings is 1. The van der Waals surface area contributed by atoms with Crippen LogP contribution in [0.25, 0.3) is 11.3 Å². The highest BCUT2D eigenvalue weighted by atomic mass is 32.1. The molecule has 126 valence electrons. The topological polar surface area (TPSA) is 110 Å². The van der Waals surface area contributed by atoms with E-state index in [4.69, 9.17) is 16.6 Å². The summed E-state index contributed by atoms with van der Waals surface area (Å²) < 4.78 is 5.44. The van der Waals surface area contributed by atoms with E-state index < -0.39 is 10.8 Å². The molecular formula is C15H10N4O4S2. The molecule has 2 N–H and O–H groups in total. The van der Waals surface area contributed by atoms with E-state index in [9.17, 15) is 14.9 Å². The van der Waals surface area contributed by atoms with Crippen LogP contribution < -0.4 is 10.6 Å². The van der Waals surface area contributed by atoms with Crippen LogP contribution in [-0.2, 0) is 0 Å². The molecule has 25 heavy (non-hydrogen) atoms. The number of rotatable bonds is 4. The first-order chi connectivity index (χ1) is 12.0. The van der Waals surface area contributed by atoms with E-state index in [2.05, 4.69) is 15.6 Å². The number of benzene rings is 1. The molecule has 0 bridgehead atoms. The minimum Gasteiger partial charge on any atom is -0.451 e. The lowest BCUT2D eigenvalue weighted by Gasteiger charge is -2.05. The lowest BCUT2D eigenvalue weighted by atomic mass is 10.1. The molecule has 0 aliphatic heterocycles. The van der Waals surface area contributed by atoms with Gasteiger partial charge < -0.3 is 9.73 Å². The smallest absolute Gasteiger partial charge is 0.293 e. The van der Waals surface area contributed by atoms with Crippen molar-refractivity contribution >= 4 is 45.4 Å². The van der Waals surface area contributed by atoms with Gasteiger partial charge in [-0.1, -0.05) is 12.1 Å². The SMILES string of the molecule is O=C(NC(=S)Nc1nccs1)c1ccc(-c2ccccc2[N+](=O)[O-])o1. The Morgan fingerprint density at radius 3 is 2.80 bits per heavy atom. The average Bonchev–Trinajstić information content (AvgIpc) is 3.26. The first kappa shape index (κ1) is 16.7. The zero-order chi connectivity index (χ0) is 17.8. The molecule has 0 atom stereocenters. The van der Waals surface area contributed by atoms with Crippen molar-refractivity contribution in [1.29, 1.82) is 0 Å². The van der Waals surface area contributed by atoms with Gasteiger partial charge in [0, 0.05) is 17.6 Å². The lowest BCUT2D eigenvalue weighted by Crippen LogP contribution is -2.33. The average molecular weight is 374 g/mol. The van der Waals surface area contributed by atoms with Crippen LogP contribution in [-0.4, -0.2) is 20.9 Å². The van der Waals surface area contributed by atoms with E-state index in [1.807, 2.05) is 0 Å². The minimum absolute atomic E-state index is 0.0172. The Labute approximate surface area is 150 Å². The highest BCUT2D eigenvalue weighted by Crippen LogP contribution is 2.30. The van der Waals surface area contributed by atoms with Gasteiger partial charge in [-0.25, -0.2) is 4.98 Å². The molecule has 10 heteroatoms. The van der Waals surface area contributed by atoms with Gasteiger partial charge in [0.2, 0.25) is 0 Å². The Bertz CT molecular complexity index is 937. The summed E-state index contributed by atoms with van der Waals surface area (Å²) in [5.74, 6) is -0.369. The van der Waals surface area contributed by atoms with Gasteiger partial charge >= 0.3 is 0 Å². The molecule has 0 radical (unpaired) electrons. The quantitative estimate of drug-likeness (QED) is 0.409. The third kappa shape index (κ3) is 3.87. The molecule has 8 nitrogen and oxygen atoms in total. The van der Waals surface area contributed by atoms with Crippen LogP contribution in [0.3, 0.4) is 0 Å². The normalized spacial score (nSPS) is 10.2. The molecule has 1 amide bonds. The van der Waals surface area contributed by atoms with E-state index in [0.717, 1.165) is 0 Å². The number of furan rings is 1. The number of para-hydroxylation sites is 1. The summed E-state index contributed by atoms with van der Waals surface area (Å²) in [4.78, 5) is 26.7. The zero-order valence-electron chi connectivity index (χ0n) is 12.5. The summed E-state index contributed by atoms with van der Waals surface area (Å²) in [6, 6.07) is 9.04. The van der Waals surface area contributed by atoms with Crippen molar-refractivity contribution in [3.8, 4) is 11.3 Å². The van der Waals surface area contributed by atoms with Crippen molar-refractivity contribution < 1.29 is 14.1 Å². The molecule has 0 aliphatic carbocycles. The van der Waals surface area contributed by atoms with Gasteiger partial charge in [-0.05, 0) is 30.4 Å². The molecular weight excluding hydrogens is 364 g/mol. The van der Waals surface area contributed by atoms with Gasteiger partial charge in [0.25, 0.3) is 11.6 Å². The predicted octanol–water partition coefficient (Wildman–Crippen LogP) is 3.44. The number of nitrogens with one attached hydrogen (secondary N) is 2. The maximum absolute atomic E-state index is 12.2. The van der Waals surface area contributed by atoms with Crippen molar-refractivity contribution in [1.82, 2.24) is 10.3 Å². The molecule has 0 aliphatic rings. The Morgan fingerprint density at radius 2 is 2.08 bits per heavy atom. The van der Waals surface area contributed by atoms with Crippen LogP contribution >= 0.6 is 23.6 Å². The molecule has 3 rings (SSSR count). The number of nitro benzene ring substituents is 1. The summed E-state index contributed by atoms with van der Waals surface area (Å²) in [5, 5.41) is 18.7. The molecule has 2 aromatic heterocycles. The second-order valence-electron chi connectivity index (χ2n) is 4.68. The van der Waals surface area contributed by atoms with Crippen LogP contribution in [0.4, 0.5) is 10.8 Å². The first-order valence-electron chi connectivity index (χ1n) is 6.90. The molecule has 3 aromatic rings. The maximum Gasteiger partial charge on any atom is 0.293 e. The number of anilines is 1. The predicted molar refractivity (Wildman–Crippen MR) is 96.6 cm³/mol. The highest BCUT2D eigenvalue weighted by molar-refractivity contribution is 7.80. The monoisotopic (exact) mass is 374 g/mol. The van der Waals surface area contributed by atoms with Crippen LogP contribution in [0.1, 0.15) is 10.6 Å². The fraction of sp³-hybridized carbons (Fsp3) is 0. The largest absolute Gasteiger partial charge is 0.451 e. The third-order valence-corrected chi connectivity index (χ3v) is 3.97. The number of nitro groups is 1. The van der Waals surface area contributed by atoms with Crippen LogP contribution in [0.2, 0.25) is 0 Å².